The maximum Gasteiger partial charge on any atom is 0.277 e. The quantitative estimate of drug-likeness (QED) is 0.607. The summed E-state index contributed by atoms with van der Waals surface area (Å²) in [6.07, 6.45) is 3.47. The SMILES string of the molecule is O=C(c1cccnc1)N1N=C(c2cc(F)ccc2F)SC12CCOc1ccccc12. The van der Waals surface area contributed by atoms with Gasteiger partial charge in [-0.2, -0.15) is 5.10 Å². The normalized spacial score (nSPS) is 19.9. The van der Waals surface area contributed by atoms with Gasteiger partial charge >= 0.3 is 0 Å². The summed E-state index contributed by atoms with van der Waals surface area (Å²) in [6, 6.07) is 13.9. The fraction of sp³-hybridized carbons (Fsp3) is 0.136. The Morgan fingerprint density at radius 3 is 2.83 bits per heavy atom. The molecule has 2 aliphatic rings. The second kappa shape index (κ2) is 7.21. The third-order valence-electron chi connectivity index (χ3n) is 5.06. The lowest BCUT2D eigenvalue weighted by atomic mass is 9.98. The molecule has 0 fully saturated rings. The predicted molar refractivity (Wildman–Crippen MR) is 109 cm³/mol. The Labute approximate surface area is 175 Å². The zero-order valence-corrected chi connectivity index (χ0v) is 16.4. The first-order valence-corrected chi connectivity index (χ1v) is 10.1. The summed E-state index contributed by atoms with van der Waals surface area (Å²) in [5.41, 5.74) is 1.13. The number of thioether (sulfide) groups is 1. The van der Waals surface area contributed by atoms with E-state index in [1.54, 1.807) is 18.3 Å². The maximum atomic E-state index is 14.5. The molecule has 1 aromatic heterocycles. The van der Waals surface area contributed by atoms with Crippen LogP contribution in [0.1, 0.15) is 27.9 Å². The van der Waals surface area contributed by atoms with Crippen LogP contribution in [0.2, 0.25) is 0 Å². The fourth-order valence-corrected chi connectivity index (χ4v) is 5.04. The number of amides is 1. The van der Waals surface area contributed by atoms with Gasteiger partial charge in [0, 0.05) is 29.9 Å². The number of hydrogen-bond donors (Lipinski definition) is 0. The minimum atomic E-state index is -0.935. The van der Waals surface area contributed by atoms with Crippen molar-refractivity contribution in [3.63, 3.8) is 0 Å². The number of carbonyl (C=O) groups is 1. The highest BCUT2D eigenvalue weighted by Gasteiger charge is 2.52. The molecule has 0 radical (unpaired) electrons. The lowest BCUT2D eigenvalue weighted by molar-refractivity contribution is 0.0585. The molecule has 3 aromatic rings. The summed E-state index contributed by atoms with van der Waals surface area (Å²) in [5.74, 6) is -0.919. The number of nitrogens with zero attached hydrogens (tertiary/aromatic N) is 3. The molecule has 150 valence electrons. The Kier molecular flexibility index (Phi) is 4.51. The predicted octanol–water partition coefficient (Wildman–Crippen LogP) is 4.55. The summed E-state index contributed by atoms with van der Waals surface area (Å²) >= 11 is 1.23. The molecule has 8 heteroatoms. The zero-order valence-electron chi connectivity index (χ0n) is 15.6. The summed E-state index contributed by atoms with van der Waals surface area (Å²) in [7, 11) is 0. The van der Waals surface area contributed by atoms with Crippen molar-refractivity contribution in [2.24, 2.45) is 5.10 Å². The van der Waals surface area contributed by atoms with Gasteiger partial charge in [-0.15, -0.1) is 0 Å². The molecular formula is C22H15F2N3O2S. The van der Waals surface area contributed by atoms with Gasteiger partial charge in [0.15, 0.2) is 0 Å². The number of para-hydroxylation sites is 1. The molecule has 1 unspecified atom stereocenters. The molecule has 0 saturated carbocycles. The Bertz CT molecular complexity index is 1170. The van der Waals surface area contributed by atoms with E-state index in [4.69, 9.17) is 4.74 Å². The summed E-state index contributed by atoms with van der Waals surface area (Å²) < 4.78 is 34.2. The first-order valence-electron chi connectivity index (χ1n) is 9.28. The number of halogens is 2. The van der Waals surface area contributed by atoms with Crippen LogP contribution in [0.3, 0.4) is 0 Å². The average molecular weight is 423 g/mol. The van der Waals surface area contributed by atoms with E-state index < -0.39 is 16.5 Å². The number of carbonyl (C=O) groups excluding carboxylic acids is 1. The second-order valence-corrected chi connectivity index (χ2v) is 8.14. The number of aromatic nitrogens is 1. The molecule has 5 nitrogen and oxygen atoms in total. The molecule has 30 heavy (non-hydrogen) atoms. The molecule has 2 aromatic carbocycles. The van der Waals surface area contributed by atoms with Crippen LogP contribution in [-0.2, 0) is 4.87 Å². The van der Waals surface area contributed by atoms with Crippen LogP contribution in [0.25, 0.3) is 0 Å². The minimum absolute atomic E-state index is 0.0184. The Balaban J connectivity index is 1.68. The van der Waals surface area contributed by atoms with E-state index in [-0.39, 0.29) is 16.5 Å². The fourth-order valence-electron chi connectivity index (χ4n) is 3.66. The van der Waals surface area contributed by atoms with Crippen LogP contribution >= 0.6 is 11.8 Å². The van der Waals surface area contributed by atoms with Gasteiger partial charge in [-0.25, -0.2) is 13.8 Å². The third-order valence-corrected chi connectivity index (χ3v) is 6.49. The molecule has 0 aliphatic carbocycles. The van der Waals surface area contributed by atoms with E-state index in [9.17, 15) is 13.6 Å². The second-order valence-electron chi connectivity index (χ2n) is 6.87. The van der Waals surface area contributed by atoms with E-state index in [0.29, 0.717) is 24.3 Å². The van der Waals surface area contributed by atoms with Crippen molar-refractivity contribution in [1.29, 1.82) is 0 Å². The van der Waals surface area contributed by atoms with Crippen LogP contribution in [0.4, 0.5) is 8.78 Å². The van der Waals surface area contributed by atoms with Crippen LogP contribution in [0.15, 0.2) is 72.1 Å². The highest BCUT2D eigenvalue weighted by atomic mass is 32.2. The Hall–Kier alpha value is -3.26. The van der Waals surface area contributed by atoms with Crippen LogP contribution in [-0.4, -0.2) is 27.6 Å². The van der Waals surface area contributed by atoms with Crippen molar-refractivity contribution >= 4 is 22.7 Å². The van der Waals surface area contributed by atoms with Crippen LogP contribution in [0.5, 0.6) is 5.75 Å². The van der Waals surface area contributed by atoms with Crippen molar-refractivity contribution in [2.75, 3.05) is 6.61 Å². The van der Waals surface area contributed by atoms with Crippen LogP contribution in [0, 0.1) is 11.6 Å². The maximum absolute atomic E-state index is 14.5. The standard InChI is InChI=1S/C22H15F2N3O2S/c23-15-7-8-18(24)16(12-15)20-26-27(21(28)14-4-3-10-25-13-14)22(30-20)9-11-29-19-6-2-1-5-17(19)22/h1-8,10,12-13H,9,11H2. The molecular weight excluding hydrogens is 408 g/mol. The molecule has 0 N–H and O–H groups in total. The molecule has 1 amide bonds. The zero-order chi connectivity index (χ0) is 20.7. The van der Waals surface area contributed by atoms with E-state index >= 15 is 0 Å². The molecule has 1 atom stereocenters. The first kappa shape index (κ1) is 18.7. The first-order chi connectivity index (χ1) is 14.6. The van der Waals surface area contributed by atoms with Gasteiger partial charge in [0.2, 0.25) is 0 Å². The van der Waals surface area contributed by atoms with E-state index in [1.807, 2.05) is 24.3 Å². The summed E-state index contributed by atoms with van der Waals surface area (Å²) in [6.45, 7) is 0.356. The van der Waals surface area contributed by atoms with Crippen molar-refractivity contribution in [2.45, 2.75) is 11.3 Å². The van der Waals surface area contributed by atoms with Crippen molar-refractivity contribution in [3.05, 3.63) is 95.3 Å². The lowest BCUT2D eigenvalue weighted by Gasteiger charge is -2.39. The molecule has 1 spiro atoms. The van der Waals surface area contributed by atoms with Gasteiger partial charge in [-0.1, -0.05) is 30.0 Å². The molecule has 2 aliphatic heterocycles. The van der Waals surface area contributed by atoms with Gasteiger partial charge < -0.3 is 4.74 Å². The molecule has 0 bridgehead atoms. The minimum Gasteiger partial charge on any atom is -0.493 e. The highest BCUT2D eigenvalue weighted by molar-refractivity contribution is 8.15. The highest BCUT2D eigenvalue weighted by Crippen LogP contribution is 2.54. The van der Waals surface area contributed by atoms with E-state index in [1.165, 1.54) is 23.0 Å². The van der Waals surface area contributed by atoms with Crippen LogP contribution < -0.4 is 4.74 Å². The number of hydrogen-bond acceptors (Lipinski definition) is 5. The Morgan fingerprint density at radius 2 is 2.00 bits per heavy atom. The number of benzene rings is 2. The number of hydrazone groups is 1. The number of rotatable bonds is 2. The summed E-state index contributed by atoms with van der Waals surface area (Å²) in [5, 5.41) is 6.08. The molecule has 3 heterocycles. The van der Waals surface area contributed by atoms with Crippen molar-refractivity contribution in [3.8, 4) is 5.75 Å². The van der Waals surface area contributed by atoms with Gasteiger partial charge in [0.05, 0.1) is 12.2 Å². The van der Waals surface area contributed by atoms with Crippen molar-refractivity contribution < 1.29 is 18.3 Å². The lowest BCUT2D eigenvalue weighted by Crippen LogP contribution is -2.44. The number of fused-ring (bicyclic) bond motifs is 2. The number of ether oxygens (including phenoxy) is 1. The topological polar surface area (TPSA) is 54.8 Å². The van der Waals surface area contributed by atoms with Gasteiger partial charge in [0.1, 0.15) is 27.3 Å². The average Bonchev–Trinajstić information content (AvgIpc) is 3.15. The summed E-state index contributed by atoms with van der Waals surface area (Å²) in [4.78, 5) is 16.5. The smallest absolute Gasteiger partial charge is 0.277 e. The number of pyridine rings is 1. The van der Waals surface area contributed by atoms with Gasteiger partial charge in [-0.05, 0) is 36.4 Å². The largest absolute Gasteiger partial charge is 0.493 e. The molecule has 5 rings (SSSR count). The van der Waals surface area contributed by atoms with Gasteiger partial charge in [-0.3, -0.25) is 9.78 Å². The van der Waals surface area contributed by atoms with E-state index in [2.05, 4.69) is 10.1 Å². The van der Waals surface area contributed by atoms with Crippen molar-refractivity contribution in [1.82, 2.24) is 9.99 Å². The monoisotopic (exact) mass is 423 g/mol. The Morgan fingerprint density at radius 1 is 1.13 bits per heavy atom. The van der Waals surface area contributed by atoms with E-state index in [0.717, 1.165) is 23.8 Å². The molecule has 0 saturated heterocycles. The van der Waals surface area contributed by atoms with Gasteiger partial charge in [0.25, 0.3) is 5.91 Å². The third kappa shape index (κ3) is 2.95.